The van der Waals surface area contributed by atoms with Crippen LogP contribution in [0.5, 0.6) is 0 Å². The smallest absolute Gasteiger partial charge is 0.237 e. The average Bonchev–Trinajstić information content (AvgIpc) is 3.38. The summed E-state index contributed by atoms with van der Waals surface area (Å²) in [5.74, 6) is 0.943. The first-order chi connectivity index (χ1) is 21.0. The van der Waals surface area contributed by atoms with Crippen LogP contribution in [0.2, 0.25) is 0 Å². The van der Waals surface area contributed by atoms with Crippen molar-refractivity contribution < 1.29 is 9.59 Å². The van der Waals surface area contributed by atoms with Crippen molar-refractivity contribution in [3.05, 3.63) is 102 Å². The topological polar surface area (TPSA) is 47.1 Å². The van der Waals surface area contributed by atoms with E-state index in [2.05, 4.69) is 87.5 Å². The summed E-state index contributed by atoms with van der Waals surface area (Å²) in [5, 5.41) is 0. The molecule has 3 aromatic rings. The van der Waals surface area contributed by atoms with E-state index >= 15 is 0 Å². The van der Waals surface area contributed by atoms with E-state index in [1.54, 1.807) is 6.92 Å². The Kier molecular flexibility index (Phi) is 9.55. The van der Waals surface area contributed by atoms with Gasteiger partial charge in [-0.05, 0) is 80.3 Å². The van der Waals surface area contributed by atoms with Crippen molar-refractivity contribution in [2.75, 3.05) is 37.6 Å². The second-order valence-corrected chi connectivity index (χ2v) is 12.8. The van der Waals surface area contributed by atoms with Gasteiger partial charge >= 0.3 is 0 Å². The maximum absolute atomic E-state index is 14.1. The number of nitrogens with zero attached hydrogens (tertiary/aromatic N) is 4. The van der Waals surface area contributed by atoms with Crippen molar-refractivity contribution >= 4 is 17.5 Å². The van der Waals surface area contributed by atoms with E-state index in [1.807, 2.05) is 17.0 Å². The number of fused-ring (bicyclic) bond motifs is 3. The number of rotatable bonds is 6. The SMILES string of the molecule is CC(=O)N1CC[C@@H]2CC[C@H](CN(C(=O)CN3CCC(Cc4ccccc4)CC3)Cc3ccccc31)N2Cc1ccccc1. The van der Waals surface area contributed by atoms with Gasteiger partial charge in [-0.3, -0.25) is 19.4 Å². The highest BCUT2D eigenvalue weighted by Crippen LogP contribution is 2.33. The fourth-order valence-electron chi connectivity index (χ4n) is 7.51. The number of benzene rings is 3. The van der Waals surface area contributed by atoms with Crippen LogP contribution in [0, 0.1) is 5.92 Å². The predicted molar refractivity (Wildman–Crippen MR) is 173 cm³/mol. The molecule has 6 rings (SSSR count). The normalized spacial score (nSPS) is 22.2. The van der Waals surface area contributed by atoms with E-state index in [9.17, 15) is 9.59 Å². The van der Waals surface area contributed by atoms with Crippen LogP contribution in [-0.2, 0) is 29.1 Å². The molecule has 0 aromatic heterocycles. The maximum Gasteiger partial charge on any atom is 0.237 e. The third-order valence-corrected chi connectivity index (χ3v) is 9.91. The molecule has 2 atom stereocenters. The van der Waals surface area contributed by atoms with Gasteiger partial charge in [0.25, 0.3) is 0 Å². The lowest BCUT2D eigenvalue weighted by Crippen LogP contribution is -2.48. The lowest BCUT2D eigenvalue weighted by molar-refractivity contribution is -0.134. The molecule has 43 heavy (non-hydrogen) atoms. The molecule has 0 spiro atoms. The van der Waals surface area contributed by atoms with Gasteiger partial charge in [0, 0.05) is 50.9 Å². The van der Waals surface area contributed by atoms with Crippen molar-refractivity contribution in [1.29, 1.82) is 0 Å². The molecule has 226 valence electrons. The molecule has 2 saturated heterocycles. The fourth-order valence-corrected chi connectivity index (χ4v) is 7.51. The summed E-state index contributed by atoms with van der Waals surface area (Å²) in [6.45, 7) is 6.89. The van der Waals surface area contributed by atoms with E-state index in [0.29, 0.717) is 37.6 Å². The van der Waals surface area contributed by atoms with Crippen LogP contribution in [0.3, 0.4) is 0 Å². The first-order valence-electron chi connectivity index (χ1n) is 16.2. The largest absolute Gasteiger partial charge is 0.336 e. The van der Waals surface area contributed by atoms with Gasteiger partial charge in [-0.1, -0.05) is 78.9 Å². The van der Waals surface area contributed by atoms with Gasteiger partial charge in [-0.2, -0.15) is 0 Å². The number of likely N-dealkylation sites (tertiary alicyclic amines) is 1. The molecule has 2 fully saturated rings. The van der Waals surface area contributed by atoms with E-state index in [-0.39, 0.29) is 11.8 Å². The summed E-state index contributed by atoms with van der Waals surface area (Å²) >= 11 is 0. The Labute approximate surface area is 257 Å². The van der Waals surface area contributed by atoms with E-state index in [1.165, 1.54) is 11.1 Å². The van der Waals surface area contributed by atoms with Crippen LogP contribution in [0.4, 0.5) is 5.69 Å². The highest BCUT2D eigenvalue weighted by molar-refractivity contribution is 5.92. The van der Waals surface area contributed by atoms with Crippen molar-refractivity contribution in [3.8, 4) is 0 Å². The minimum absolute atomic E-state index is 0.0621. The first kappa shape index (κ1) is 29.6. The van der Waals surface area contributed by atoms with E-state index < -0.39 is 0 Å². The maximum atomic E-state index is 14.1. The summed E-state index contributed by atoms with van der Waals surface area (Å²) in [6.07, 6.45) is 6.50. The highest BCUT2D eigenvalue weighted by atomic mass is 16.2. The van der Waals surface area contributed by atoms with Crippen molar-refractivity contribution in [2.45, 2.75) is 70.6 Å². The second kappa shape index (κ2) is 13.9. The summed E-state index contributed by atoms with van der Waals surface area (Å²) in [6, 6.07) is 30.3. The first-order valence-corrected chi connectivity index (χ1v) is 16.2. The van der Waals surface area contributed by atoms with E-state index in [4.69, 9.17) is 0 Å². The Morgan fingerprint density at radius 3 is 2.09 bits per heavy atom. The Bertz CT molecular complexity index is 1360. The third kappa shape index (κ3) is 7.36. The van der Waals surface area contributed by atoms with Crippen molar-refractivity contribution in [3.63, 3.8) is 0 Å². The molecule has 0 unspecified atom stereocenters. The third-order valence-electron chi connectivity index (χ3n) is 9.91. The predicted octanol–water partition coefficient (Wildman–Crippen LogP) is 5.76. The molecule has 6 heteroatoms. The minimum Gasteiger partial charge on any atom is -0.336 e. The molecule has 3 aromatic carbocycles. The Hall–Kier alpha value is -3.48. The fraction of sp³-hybridized carbons (Fsp3) is 0.459. The van der Waals surface area contributed by atoms with Crippen LogP contribution in [0.15, 0.2) is 84.9 Å². The Balaban J connectivity index is 1.20. The molecule has 3 aliphatic rings. The molecule has 3 heterocycles. The van der Waals surface area contributed by atoms with Crippen LogP contribution in [0.25, 0.3) is 0 Å². The second-order valence-electron chi connectivity index (χ2n) is 12.8. The number of piperidine rings is 1. The zero-order valence-corrected chi connectivity index (χ0v) is 25.6. The molecular weight excluding hydrogens is 532 g/mol. The van der Waals surface area contributed by atoms with Crippen molar-refractivity contribution in [2.24, 2.45) is 5.92 Å². The summed E-state index contributed by atoms with van der Waals surface area (Å²) in [7, 11) is 0. The molecule has 0 N–H and O–H groups in total. The minimum atomic E-state index is 0.0621. The molecule has 2 amide bonds. The molecule has 0 saturated carbocycles. The molecule has 0 radical (unpaired) electrons. The molecule has 0 aliphatic carbocycles. The van der Waals surface area contributed by atoms with Gasteiger partial charge in [0.2, 0.25) is 11.8 Å². The molecule has 3 aliphatic heterocycles. The van der Waals surface area contributed by atoms with E-state index in [0.717, 1.165) is 76.0 Å². The number of carbonyl (C=O) groups is 2. The Morgan fingerprint density at radius 1 is 0.721 bits per heavy atom. The Morgan fingerprint density at radius 2 is 1.37 bits per heavy atom. The van der Waals surface area contributed by atoms with Gasteiger partial charge < -0.3 is 9.80 Å². The molecule has 6 nitrogen and oxygen atoms in total. The summed E-state index contributed by atoms with van der Waals surface area (Å²) in [4.78, 5) is 36.1. The average molecular weight is 579 g/mol. The van der Waals surface area contributed by atoms with Gasteiger partial charge in [0.05, 0.1) is 6.54 Å². The van der Waals surface area contributed by atoms with Crippen LogP contribution in [0.1, 0.15) is 55.7 Å². The standard InChI is InChI=1S/C37H46N4O2/c1-29(42)40-23-20-34-16-17-35(41(34)25-32-12-6-3-7-13-32)27-39(26-33-14-8-9-15-36(33)40)37(43)28-38-21-18-31(19-22-38)24-30-10-4-2-5-11-30/h2-15,31,34-35H,16-28H2,1H3/t34-,35+/m0/s1. The van der Waals surface area contributed by atoms with Gasteiger partial charge in [-0.15, -0.1) is 0 Å². The number of carbonyl (C=O) groups excluding carboxylic acids is 2. The zero-order chi connectivity index (χ0) is 29.6. The number of hydrogen-bond donors (Lipinski definition) is 0. The molecule has 2 bridgehead atoms. The lowest BCUT2D eigenvalue weighted by Gasteiger charge is -2.36. The van der Waals surface area contributed by atoms with Gasteiger partial charge in [-0.25, -0.2) is 0 Å². The van der Waals surface area contributed by atoms with Crippen LogP contribution >= 0.6 is 0 Å². The van der Waals surface area contributed by atoms with Crippen LogP contribution < -0.4 is 4.90 Å². The number of amides is 2. The highest BCUT2D eigenvalue weighted by Gasteiger charge is 2.37. The summed E-state index contributed by atoms with van der Waals surface area (Å²) in [5.41, 5.74) is 4.72. The quantitative estimate of drug-likeness (QED) is 0.373. The monoisotopic (exact) mass is 578 g/mol. The van der Waals surface area contributed by atoms with Gasteiger partial charge in [0.15, 0.2) is 0 Å². The molecular formula is C37H46N4O2. The summed E-state index contributed by atoms with van der Waals surface area (Å²) < 4.78 is 0. The number of para-hydroxylation sites is 1. The van der Waals surface area contributed by atoms with Crippen molar-refractivity contribution in [1.82, 2.24) is 14.7 Å². The number of hydrogen-bond acceptors (Lipinski definition) is 4. The van der Waals surface area contributed by atoms with Gasteiger partial charge in [0.1, 0.15) is 0 Å². The zero-order valence-electron chi connectivity index (χ0n) is 25.6. The number of anilines is 1. The van der Waals surface area contributed by atoms with Crippen LogP contribution in [-0.4, -0.2) is 71.3 Å². The lowest BCUT2D eigenvalue weighted by atomic mass is 9.90.